The summed E-state index contributed by atoms with van der Waals surface area (Å²) in [6.07, 6.45) is 1.67. The number of piperazine rings is 1. The summed E-state index contributed by atoms with van der Waals surface area (Å²) in [6, 6.07) is 2.10. The highest BCUT2D eigenvalue weighted by Crippen LogP contribution is 2.37. The van der Waals surface area contributed by atoms with Crippen molar-refractivity contribution in [3.8, 4) is 0 Å². The van der Waals surface area contributed by atoms with Crippen LogP contribution in [0.25, 0.3) is 0 Å². The molecular weight excluding hydrogens is 294 g/mol. The predicted octanol–water partition coefficient (Wildman–Crippen LogP) is 1.21. The third-order valence-electron chi connectivity index (χ3n) is 4.13. The van der Waals surface area contributed by atoms with Crippen molar-refractivity contribution in [1.82, 2.24) is 13.9 Å². The van der Waals surface area contributed by atoms with E-state index in [0.29, 0.717) is 19.6 Å². The molecule has 0 radical (unpaired) electrons. The van der Waals surface area contributed by atoms with Crippen molar-refractivity contribution >= 4 is 21.5 Å². The lowest BCUT2D eigenvalue weighted by molar-refractivity contribution is 0.259. The first kappa shape index (κ1) is 14.5. The summed E-state index contributed by atoms with van der Waals surface area (Å²) in [5.41, 5.74) is 1.21. The van der Waals surface area contributed by atoms with Gasteiger partial charge in [0.25, 0.3) is 10.2 Å². The highest BCUT2D eigenvalue weighted by Gasteiger charge is 2.38. The minimum atomic E-state index is -3.34. The summed E-state index contributed by atoms with van der Waals surface area (Å²) in [6.45, 7) is 5.31. The van der Waals surface area contributed by atoms with E-state index in [-0.39, 0.29) is 6.04 Å². The number of thiophene rings is 1. The Balaban J connectivity index is 1.89. The van der Waals surface area contributed by atoms with Crippen LogP contribution < -0.4 is 5.32 Å². The second kappa shape index (κ2) is 5.73. The number of nitrogens with zero attached hydrogens (tertiary/aromatic N) is 2. The Morgan fingerprint density at radius 3 is 2.80 bits per heavy atom. The first-order valence-corrected chi connectivity index (χ1v) is 9.46. The van der Waals surface area contributed by atoms with Gasteiger partial charge in [-0.1, -0.05) is 6.92 Å². The predicted molar refractivity (Wildman–Crippen MR) is 81.1 cm³/mol. The Morgan fingerprint density at radius 2 is 2.10 bits per heavy atom. The van der Waals surface area contributed by atoms with Crippen LogP contribution in [0.2, 0.25) is 0 Å². The molecule has 1 aromatic heterocycles. The molecule has 2 aliphatic heterocycles. The molecule has 1 aromatic rings. The van der Waals surface area contributed by atoms with E-state index in [0.717, 1.165) is 25.9 Å². The molecule has 2 aliphatic rings. The van der Waals surface area contributed by atoms with Gasteiger partial charge in [0.2, 0.25) is 0 Å². The van der Waals surface area contributed by atoms with E-state index in [4.69, 9.17) is 0 Å². The highest BCUT2D eigenvalue weighted by atomic mass is 32.2. The molecule has 20 heavy (non-hydrogen) atoms. The Kier molecular flexibility index (Phi) is 4.14. The zero-order valence-electron chi connectivity index (χ0n) is 11.7. The molecule has 0 aromatic carbocycles. The van der Waals surface area contributed by atoms with Crippen molar-refractivity contribution in [2.45, 2.75) is 25.8 Å². The first-order valence-electron chi connectivity index (χ1n) is 7.18. The molecule has 1 fully saturated rings. The van der Waals surface area contributed by atoms with E-state index in [1.165, 1.54) is 10.4 Å². The van der Waals surface area contributed by atoms with Crippen molar-refractivity contribution < 1.29 is 8.42 Å². The molecule has 0 bridgehead atoms. The lowest BCUT2D eigenvalue weighted by Crippen LogP contribution is -2.53. The molecule has 112 valence electrons. The third-order valence-corrected chi connectivity index (χ3v) is 7.18. The molecule has 0 amide bonds. The van der Waals surface area contributed by atoms with Crippen LogP contribution in [0.3, 0.4) is 0 Å². The van der Waals surface area contributed by atoms with E-state index >= 15 is 0 Å². The Morgan fingerprint density at radius 1 is 1.35 bits per heavy atom. The quantitative estimate of drug-likeness (QED) is 0.912. The van der Waals surface area contributed by atoms with Crippen LogP contribution in [0, 0.1) is 0 Å². The van der Waals surface area contributed by atoms with Crippen LogP contribution in [-0.4, -0.2) is 49.8 Å². The van der Waals surface area contributed by atoms with Crippen LogP contribution in [-0.2, 0) is 16.6 Å². The summed E-state index contributed by atoms with van der Waals surface area (Å²) in [4.78, 5) is 1.35. The van der Waals surface area contributed by atoms with Gasteiger partial charge in [0, 0.05) is 37.6 Å². The zero-order valence-corrected chi connectivity index (χ0v) is 13.3. The maximum atomic E-state index is 12.9. The fourth-order valence-corrected chi connectivity index (χ4v) is 5.87. The van der Waals surface area contributed by atoms with Crippen LogP contribution in [0.1, 0.15) is 29.8 Å². The van der Waals surface area contributed by atoms with Gasteiger partial charge in [0.1, 0.15) is 0 Å². The number of nitrogens with one attached hydrogen (secondary N) is 1. The van der Waals surface area contributed by atoms with E-state index in [1.807, 2.05) is 0 Å². The fraction of sp³-hybridized carbons (Fsp3) is 0.692. The average Bonchev–Trinajstić information content (AvgIpc) is 2.95. The minimum Gasteiger partial charge on any atom is -0.314 e. The van der Waals surface area contributed by atoms with Gasteiger partial charge in [-0.3, -0.25) is 0 Å². The largest absolute Gasteiger partial charge is 0.314 e. The van der Waals surface area contributed by atoms with Crippen LogP contribution in [0.5, 0.6) is 0 Å². The second-order valence-corrected chi connectivity index (χ2v) is 8.12. The molecule has 5 nitrogen and oxygen atoms in total. The molecule has 1 unspecified atom stereocenters. The standard InChI is InChI=1S/C13H21N3O2S2/c1-2-12-11-4-10-19-13(11)3-7-16(12)20(17,18)15-8-5-14-6-9-15/h4,10,12,14H,2-3,5-9H2,1H3. The number of fused-ring (bicyclic) bond motifs is 1. The summed E-state index contributed by atoms with van der Waals surface area (Å²) in [7, 11) is -3.34. The molecule has 3 rings (SSSR count). The fourth-order valence-electron chi connectivity index (χ4n) is 3.10. The molecule has 1 saturated heterocycles. The summed E-state index contributed by atoms with van der Waals surface area (Å²) in [5, 5.41) is 5.28. The minimum absolute atomic E-state index is 0.00452. The van der Waals surface area contributed by atoms with E-state index < -0.39 is 10.2 Å². The summed E-state index contributed by atoms with van der Waals surface area (Å²) < 4.78 is 29.1. The lowest BCUT2D eigenvalue weighted by Gasteiger charge is -2.38. The summed E-state index contributed by atoms with van der Waals surface area (Å²) in [5.74, 6) is 0. The molecule has 1 N–H and O–H groups in total. The van der Waals surface area contributed by atoms with Gasteiger partial charge >= 0.3 is 0 Å². The second-order valence-electron chi connectivity index (χ2n) is 5.24. The van der Waals surface area contributed by atoms with Gasteiger partial charge in [0.15, 0.2) is 0 Å². The van der Waals surface area contributed by atoms with Gasteiger partial charge in [0.05, 0.1) is 6.04 Å². The van der Waals surface area contributed by atoms with Crippen molar-refractivity contribution in [3.05, 3.63) is 21.9 Å². The highest BCUT2D eigenvalue weighted by molar-refractivity contribution is 7.86. The van der Waals surface area contributed by atoms with E-state index in [9.17, 15) is 8.42 Å². The maximum absolute atomic E-state index is 12.9. The molecule has 0 aliphatic carbocycles. The first-order chi connectivity index (χ1) is 9.64. The van der Waals surface area contributed by atoms with Crippen LogP contribution in [0.4, 0.5) is 0 Å². The Hall–Kier alpha value is -0.470. The molecule has 7 heteroatoms. The Bertz CT molecular complexity index is 564. The van der Waals surface area contributed by atoms with Crippen LogP contribution >= 0.6 is 11.3 Å². The third kappa shape index (κ3) is 2.42. The zero-order chi connectivity index (χ0) is 14.2. The van der Waals surface area contributed by atoms with Crippen LogP contribution in [0.15, 0.2) is 11.4 Å². The van der Waals surface area contributed by atoms with E-state index in [1.54, 1.807) is 19.9 Å². The molecule has 0 saturated carbocycles. The van der Waals surface area contributed by atoms with Crippen molar-refractivity contribution in [2.75, 3.05) is 32.7 Å². The number of rotatable bonds is 3. The average molecular weight is 315 g/mol. The topological polar surface area (TPSA) is 52.7 Å². The van der Waals surface area contributed by atoms with Gasteiger partial charge < -0.3 is 5.32 Å². The van der Waals surface area contributed by atoms with Crippen molar-refractivity contribution in [3.63, 3.8) is 0 Å². The number of hydrogen-bond donors (Lipinski definition) is 1. The Labute approximate surface area is 124 Å². The maximum Gasteiger partial charge on any atom is 0.282 e. The smallest absolute Gasteiger partial charge is 0.282 e. The SMILES string of the molecule is CCC1c2ccsc2CCN1S(=O)(=O)N1CCNCC1. The van der Waals surface area contributed by atoms with Gasteiger partial charge in [-0.2, -0.15) is 17.0 Å². The van der Waals surface area contributed by atoms with Gasteiger partial charge in [-0.15, -0.1) is 11.3 Å². The molecule has 3 heterocycles. The molecule has 1 atom stereocenters. The van der Waals surface area contributed by atoms with Gasteiger partial charge in [-0.25, -0.2) is 0 Å². The van der Waals surface area contributed by atoms with Crippen molar-refractivity contribution in [1.29, 1.82) is 0 Å². The number of hydrogen-bond acceptors (Lipinski definition) is 4. The normalized spacial score (nSPS) is 25.6. The molecular formula is C13H21N3O2S2. The monoisotopic (exact) mass is 315 g/mol. The van der Waals surface area contributed by atoms with Crippen molar-refractivity contribution in [2.24, 2.45) is 0 Å². The lowest BCUT2D eigenvalue weighted by atomic mass is 10.0. The molecule has 0 spiro atoms. The van der Waals surface area contributed by atoms with E-state index in [2.05, 4.69) is 23.7 Å². The summed E-state index contributed by atoms with van der Waals surface area (Å²) >= 11 is 1.75. The van der Waals surface area contributed by atoms with Gasteiger partial charge in [-0.05, 0) is 29.9 Å².